The molecule has 0 saturated carbocycles. The van der Waals surface area contributed by atoms with Crippen molar-refractivity contribution in [1.82, 2.24) is 0 Å². The average molecular weight is 212 g/mol. The molecular formula is C11H16O2S. The Hall–Kier alpha value is -0.700. The first kappa shape index (κ1) is 11.4. The summed E-state index contributed by atoms with van der Waals surface area (Å²) in [6.07, 6.45) is 3.48. The largest absolute Gasteiger partial charge is 0.451 e. The highest BCUT2D eigenvalue weighted by Gasteiger charge is 2.33. The number of hydrogen-bond acceptors (Lipinski definition) is 3. The second-order valence-electron chi connectivity index (χ2n) is 3.55. The van der Waals surface area contributed by atoms with Crippen LogP contribution in [-0.4, -0.2) is 23.1 Å². The van der Waals surface area contributed by atoms with Gasteiger partial charge in [0.15, 0.2) is 0 Å². The van der Waals surface area contributed by atoms with Crippen molar-refractivity contribution >= 4 is 17.7 Å². The van der Waals surface area contributed by atoms with Gasteiger partial charge in [0.25, 0.3) is 0 Å². The number of carbonyl (C=O) groups is 1. The van der Waals surface area contributed by atoms with Crippen molar-refractivity contribution in [3.05, 3.63) is 24.8 Å². The fourth-order valence-corrected chi connectivity index (χ4v) is 2.52. The van der Waals surface area contributed by atoms with Gasteiger partial charge in [0.1, 0.15) is 5.60 Å². The van der Waals surface area contributed by atoms with Crippen LogP contribution in [0.3, 0.4) is 0 Å². The normalized spacial score (nSPS) is 19.8. The summed E-state index contributed by atoms with van der Waals surface area (Å²) in [6.45, 7) is 8.99. The zero-order valence-corrected chi connectivity index (χ0v) is 9.36. The van der Waals surface area contributed by atoms with E-state index >= 15 is 0 Å². The van der Waals surface area contributed by atoms with Crippen LogP contribution in [0, 0.1) is 0 Å². The van der Waals surface area contributed by atoms with E-state index in [0.29, 0.717) is 5.57 Å². The summed E-state index contributed by atoms with van der Waals surface area (Å²) in [5.41, 5.74) is 0.00539. The van der Waals surface area contributed by atoms with Crippen LogP contribution in [0.4, 0.5) is 0 Å². The van der Waals surface area contributed by atoms with E-state index in [1.165, 1.54) is 0 Å². The molecule has 1 saturated heterocycles. The summed E-state index contributed by atoms with van der Waals surface area (Å²) in [5, 5.41) is 0. The monoisotopic (exact) mass is 212 g/mol. The van der Waals surface area contributed by atoms with Crippen molar-refractivity contribution in [2.24, 2.45) is 0 Å². The Bertz CT molecular complexity index is 252. The SMILES string of the molecule is C=CC1(OC(=O)C(=C)C)CCSCC1. The summed E-state index contributed by atoms with van der Waals surface area (Å²) < 4.78 is 5.42. The van der Waals surface area contributed by atoms with Gasteiger partial charge in [-0.05, 0) is 37.3 Å². The first-order valence-electron chi connectivity index (χ1n) is 4.70. The smallest absolute Gasteiger partial charge is 0.333 e. The van der Waals surface area contributed by atoms with Gasteiger partial charge in [-0.2, -0.15) is 11.8 Å². The molecule has 0 N–H and O–H groups in total. The van der Waals surface area contributed by atoms with E-state index < -0.39 is 5.60 Å². The van der Waals surface area contributed by atoms with E-state index in [1.807, 2.05) is 11.8 Å². The van der Waals surface area contributed by atoms with Crippen molar-refractivity contribution in [3.8, 4) is 0 Å². The number of thioether (sulfide) groups is 1. The molecule has 1 aliphatic heterocycles. The summed E-state index contributed by atoms with van der Waals surface area (Å²) in [4.78, 5) is 11.4. The average Bonchev–Trinajstić information content (AvgIpc) is 2.19. The minimum atomic E-state index is -0.443. The van der Waals surface area contributed by atoms with Crippen LogP contribution in [0.5, 0.6) is 0 Å². The first-order chi connectivity index (χ1) is 6.59. The predicted octanol–water partition coefficient (Wildman–Crippen LogP) is 2.56. The van der Waals surface area contributed by atoms with E-state index in [-0.39, 0.29) is 5.97 Å². The topological polar surface area (TPSA) is 26.3 Å². The predicted molar refractivity (Wildman–Crippen MR) is 60.4 cm³/mol. The van der Waals surface area contributed by atoms with Gasteiger partial charge in [0.05, 0.1) is 0 Å². The Morgan fingerprint density at radius 1 is 1.50 bits per heavy atom. The lowest BCUT2D eigenvalue weighted by Gasteiger charge is -2.33. The minimum absolute atomic E-state index is 0.309. The Labute approximate surface area is 89.4 Å². The maximum atomic E-state index is 11.4. The summed E-state index contributed by atoms with van der Waals surface area (Å²) in [7, 11) is 0. The molecule has 0 radical (unpaired) electrons. The number of rotatable bonds is 3. The number of hydrogen-bond donors (Lipinski definition) is 0. The molecule has 0 aromatic rings. The van der Waals surface area contributed by atoms with Crippen molar-refractivity contribution < 1.29 is 9.53 Å². The van der Waals surface area contributed by atoms with Gasteiger partial charge in [0, 0.05) is 5.57 Å². The Balaban J connectivity index is 2.65. The second-order valence-corrected chi connectivity index (χ2v) is 4.78. The molecule has 0 atom stereocenters. The molecule has 0 unspecified atom stereocenters. The van der Waals surface area contributed by atoms with Gasteiger partial charge in [0.2, 0.25) is 0 Å². The molecule has 3 heteroatoms. The molecule has 1 heterocycles. The van der Waals surface area contributed by atoms with Crippen LogP contribution in [-0.2, 0) is 9.53 Å². The summed E-state index contributed by atoms with van der Waals surface area (Å²) in [6, 6.07) is 0. The maximum Gasteiger partial charge on any atom is 0.333 e. The number of carbonyl (C=O) groups excluding carboxylic acids is 1. The van der Waals surface area contributed by atoms with Crippen LogP contribution < -0.4 is 0 Å². The molecule has 14 heavy (non-hydrogen) atoms. The zero-order chi connectivity index (χ0) is 10.6. The fourth-order valence-electron chi connectivity index (χ4n) is 1.34. The van der Waals surface area contributed by atoms with Gasteiger partial charge in [-0.15, -0.1) is 0 Å². The molecule has 0 aromatic heterocycles. The first-order valence-corrected chi connectivity index (χ1v) is 5.85. The van der Waals surface area contributed by atoms with Gasteiger partial charge in [-0.25, -0.2) is 4.79 Å². The van der Waals surface area contributed by atoms with Crippen LogP contribution in [0.15, 0.2) is 24.8 Å². The molecule has 0 aromatic carbocycles. The molecule has 1 rings (SSSR count). The maximum absolute atomic E-state index is 11.4. The van der Waals surface area contributed by atoms with E-state index in [2.05, 4.69) is 13.2 Å². The van der Waals surface area contributed by atoms with E-state index in [9.17, 15) is 4.79 Å². The van der Waals surface area contributed by atoms with Crippen LogP contribution in [0.2, 0.25) is 0 Å². The lowest BCUT2D eigenvalue weighted by atomic mass is 9.96. The Morgan fingerprint density at radius 2 is 2.07 bits per heavy atom. The van der Waals surface area contributed by atoms with Crippen molar-refractivity contribution in [2.45, 2.75) is 25.4 Å². The lowest BCUT2D eigenvalue weighted by molar-refractivity contribution is -0.150. The molecule has 0 bridgehead atoms. The highest BCUT2D eigenvalue weighted by atomic mass is 32.2. The van der Waals surface area contributed by atoms with Crippen molar-refractivity contribution in [2.75, 3.05) is 11.5 Å². The highest BCUT2D eigenvalue weighted by Crippen LogP contribution is 2.31. The van der Waals surface area contributed by atoms with Gasteiger partial charge >= 0.3 is 5.97 Å². The van der Waals surface area contributed by atoms with Crippen molar-refractivity contribution in [1.29, 1.82) is 0 Å². The third-order valence-corrected chi connectivity index (χ3v) is 3.34. The summed E-state index contributed by atoms with van der Waals surface area (Å²) in [5.74, 6) is 1.74. The molecule has 0 spiro atoms. The fraction of sp³-hybridized carbons (Fsp3) is 0.545. The molecular weight excluding hydrogens is 196 g/mol. The van der Waals surface area contributed by atoms with E-state index in [1.54, 1.807) is 13.0 Å². The lowest BCUT2D eigenvalue weighted by Crippen LogP contribution is -2.36. The van der Waals surface area contributed by atoms with Gasteiger partial charge in [-0.1, -0.05) is 13.2 Å². The van der Waals surface area contributed by atoms with Gasteiger partial charge in [-0.3, -0.25) is 0 Å². The Kier molecular flexibility index (Phi) is 3.81. The third kappa shape index (κ3) is 2.64. The van der Waals surface area contributed by atoms with E-state index in [0.717, 1.165) is 24.3 Å². The van der Waals surface area contributed by atoms with Crippen LogP contribution in [0.1, 0.15) is 19.8 Å². The molecule has 78 valence electrons. The molecule has 1 aliphatic rings. The third-order valence-electron chi connectivity index (χ3n) is 2.36. The highest BCUT2D eigenvalue weighted by molar-refractivity contribution is 7.99. The molecule has 0 amide bonds. The molecule has 2 nitrogen and oxygen atoms in total. The van der Waals surface area contributed by atoms with Crippen LogP contribution in [0.25, 0.3) is 0 Å². The Morgan fingerprint density at radius 3 is 2.50 bits per heavy atom. The molecule has 1 fully saturated rings. The standard InChI is InChI=1S/C11H16O2S/c1-4-11(5-7-14-8-6-11)13-10(12)9(2)3/h4H,1-2,5-8H2,3H3. The summed E-state index contributed by atoms with van der Waals surface area (Å²) >= 11 is 1.89. The number of ether oxygens (including phenoxy) is 1. The van der Waals surface area contributed by atoms with Gasteiger partial charge < -0.3 is 4.74 Å². The zero-order valence-electron chi connectivity index (χ0n) is 8.54. The van der Waals surface area contributed by atoms with Crippen molar-refractivity contribution in [3.63, 3.8) is 0 Å². The quantitative estimate of drug-likeness (QED) is 0.408. The van der Waals surface area contributed by atoms with Crippen LogP contribution >= 0.6 is 11.8 Å². The van der Waals surface area contributed by atoms with E-state index in [4.69, 9.17) is 4.74 Å². The second kappa shape index (κ2) is 4.69. The minimum Gasteiger partial charge on any atom is -0.451 e. The number of esters is 1. The molecule has 0 aliphatic carbocycles.